The topological polar surface area (TPSA) is 80.4 Å². The molecule has 1 fully saturated rings. The van der Waals surface area contributed by atoms with Crippen LogP contribution in [0.1, 0.15) is 11.7 Å². The first-order valence-electron chi connectivity index (χ1n) is 8.41. The number of aromatic nitrogens is 4. The third-order valence-electron chi connectivity index (χ3n) is 4.39. The van der Waals surface area contributed by atoms with E-state index in [4.69, 9.17) is 20.9 Å². The highest BCUT2D eigenvalue weighted by Gasteiger charge is 2.21. The predicted octanol–water partition coefficient (Wildman–Crippen LogP) is 2.13. The largest absolute Gasteiger partial charge is 0.377 e. The van der Waals surface area contributed by atoms with Crippen LogP contribution in [0.3, 0.4) is 0 Å². The van der Waals surface area contributed by atoms with Crippen LogP contribution in [-0.2, 0) is 17.9 Å². The number of piperazine rings is 1. The maximum Gasteiger partial charge on any atom is 0.240 e. The van der Waals surface area contributed by atoms with Crippen LogP contribution < -0.4 is 4.90 Å². The number of benzene rings is 1. The molecule has 1 aromatic carbocycles. The summed E-state index contributed by atoms with van der Waals surface area (Å²) in [4.78, 5) is 17.7. The third kappa shape index (κ3) is 3.62. The van der Waals surface area contributed by atoms with Crippen molar-refractivity contribution >= 4 is 28.3 Å². The van der Waals surface area contributed by atoms with Gasteiger partial charge in [-0.25, -0.2) is 9.97 Å². The van der Waals surface area contributed by atoms with Gasteiger partial charge in [0.1, 0.15) is 18.8 Å². The highest BCUT2D eigenvalue weighted by atomic mass is 35.5. The number of nitrogens with zero attached hydrogens (tertiary/aromatic N) is 6. The minimum Gasteiger partial charge on any atom is -0.377 e. The van der Waals surface area contributed by atoms with Crippen LogP contribution in [0.25, 0.3) is 10.9 Å². The molecule has 3 heterocycles. The molecule has 0 bridgehead atoms. The van der Waals surface area contributed by atoms with Crippen molar-refractivity contribution in [1.82, 2.24) is 25.0 Å². The van der Waals surface area contributed by atoms with Gasteiger partial charge >= 0.3 is 0 Å². The quantitative estimate of drug-likeness (QED) is 0.672. The number of methoxy groups -OCH3 is 1. The first-order valence-corrected chi connectivity index (χ1v) is 8.78. The standard InChI is InChI=1S/C17H19ClN6O2/c1-25-10-15-21-16(26-22-15)9-23-4-6-24(7-5-23)17-13-3-2-12(18)8-14(13)19-11-20-17/h2-3,8,11H,4-7,9-10H2,1H3. The number of rotatable bonds is 5. The Bertz CT molecular complexity index is 894. The van der Waals surface area contributed by atoms with E-state index >= 15 is 0 Å². The van der Waals surface area contributed by atoms with Gasteiger partial charge in [0.05, 0.1) is 12.1 Å². The molecule has 136 valence electrons. The van der Waals surface area contributed by atoms with Crippen molar-refractivity contribution in [3.63, 3.8) is 0 Å². The van der Waals surface area contributed by atoms with Crippen molar-refractivity contribution in [1.29, 1.82) is 0 Å². The SMILES string of the molecule is COCc1noc(CN2CCN(c3ncnc4cc(Cl)ccc34)CC2)n1. The molecular formula is C17H19ClN6O2. The summed E-state index contributed by atoms with van der Waals surface area (Å²) >= 11 is 6.07. The van der Waals surface area contributed by atoms with Crippen molar-refractivity contribution in [3.8, 4) is 0 Å². The van der Waals surface area contributed by atoms with Gasteiger partial charge in [-0.05, 0) is 18.2 Å². The van der Waals surface area contributed by atoms with Crippen molar-refractivity contribution < 1.29 is 9.26 Å². The van der Waals surface area contributed by atoms with Gasteiger partial charge in [-0.3, -0.25) is 4.90 Å². The average Bonchev–Trinajstić information content (AvgIpc) is 3.09. The van der Waals surface area contributed by atoms with Gasteiger partial charge in [-0.15, -0.1) is 0 Å². The lowest BCUT2D eigenvalue weighted by atomic mass is 10.2. The molecule has 1 saturated heterocycles. The average molecular weight is 375 g/mol. The minimum atomic E-state index is 0.363. The van der Waals surface area contributed by atoms with E-state index in [-0.39, 0.29) is 0 Å². The lowest BCUT2D eigenvalue weighted by Crippen LogP contribution is -2.46. The lowest BCUT2D eigenvalue weighted by molar-refractivity contribution is 0.174. The van der Waals surface area contributed by atoms with E-state index in [1.807, 2.05) is 18.2 Å². The van der Waals surface area contributed by atoms with E-state index in [2.05, 4.69) is 29.9 Å². The van der Waals surface area contributed by atoms with E-state index in [9.17, 15) is 0 Å². The summed E-state index contributed by atoms with van der Waals surface area (Å²) in [5, 5.41) is 5.60. The van der Waals surface area contributed by atoms with Crippen LogP contribution >= 0.6 is 11.6 Å². The second kappa shape index (κ2) is 7.53. The molecule has 0 N–H and O–H groups in total. The monoisotopic (exact) mass is 374 g/mol. The summed E-state index contributed by atoms with van der Waals surface area (Å²) in [7, 11) is 1.61. The van der Waals surface area contributed by atoms with Crippen molar-refractivity contribution in [3.05, 3.63) is 41.3 Å². The van der Waals surface area contributed by atoms with Crippen LogP contribution in [0.5, 0.6) is 0 Å². The Morgan fingerprint density at radius 3 is 2.85 bits per heavy atom. The Morgan fingerprint density at radius 2 is 2.04 bits per heavy atom. The maximum atomic E-state index is 6.07. The number of halogens is 1. The fourth-order valence-electron chi connectivity index (χ4n) is 3.12. The summed E-state index contributed by atoms with van der Waals surface area (Å²) in [6.45, 7) is 4.52. The molecular weight excluding hydrogens is 356 g/mol. The molecule has 2 aromatic heterocycles. The highest BCUT2D eigenvalue weighted by molar-refractivity contribution is 6.31. The van der Waals surface area contributed by atoms with Gasteiger partial charge in [0.15, 0.2) is 5.82 Å². The highest BCUT2D eigenvalue weighted by Crippen LogP contribution is 2.26. The van der Waals surface area contributed by atoms with E-state index in [0.29, 0.717) is 29.9 Å². The second-order valence-electron chi connectivity index (χ2n) is 6.16. The fourth-order valence-corrected chi connectivity index (χ4v) is 3.29. The van der Waals surface area contributed by atoms with Crippen LogP contribution in [0, 0.1) is 0 Å². The van der Waals surface area contributed by atoms with Crippen LogP contribution in [0.4, 0.5) is 5.82 Å². The Labute approximate surface area is 155 Å². The zero-order valence-corrected chi connectivity index (χ0v) is 15.2. The molecule has 4 rings (SSSR count). The van der Waals surface area contributed by atoms with Gasteiger partial charge in [0.2, 0.25) is 5.89 Å². The molecule has 1 aliphatic heterocycles. The normalized spacial score (nSPS) is 15.7. The van der Waals surface area contributed by atoms with Crippen LogP contribution in [0.2, 0.25) is 5.02 Å². The Hall–Kier alpha value is -2.29. The zero-order valence-electron chi connectivity index (χ0n) is 14.4. The van der Waals surface area contributed by atoms with Crippen LogP contribution in [-0.4, -0.2) is 58.3 Å². The number of hydrogen-bond acceptors (Lipinski definition) is 8. The van der Waals surface area contributed by atoms with Crippen molar-refractivity contribution in [2.24, 2.45) is 0 Å². The number of anilines is 1. The first kappa shape index (κ1) is 17.1. The molecule has 0 atom stereocenters. The molecule has 0 spiro atoms. The molecule has 0 unspecified atom stereocenters. The Morgan fingerprint density at radius 1 is 1.19 bits per heavy atom. The summed E-state index contributed by atoms with van der Waals surface area (Å²) in [6.07, 6.45) is 1.59. The molecule has 26 heavy (non-hydrogen) atoms. The molecule has 0 aliphatic carbocycles. The second-order valence-corrected chi connectivity index (χ2v) is 6.60. The summed E-state index contributed by atoms with van der Waals surface area (Å²) in [5.74, 6) is 2.14. The van der Waals surface area contributed by atoms with Gasteiger partial charge < -0.3 is 14.2 Å². The van der Waals surface area contributed by atoms with Crippen molar-refractivity contribution in [2.75, 3.05) is 38.2 Å². The van der Waals surface area contributed by atoms with E-state index in [0.717, 1.165) is 42.9 Å². The first-order chi connectivity index (χ1) is 12.7. The third-order valence-corrected chi connectivity index (χ3v) is 4.63. The number of hydrogen-bond donors (Lipinski definition) is 0. The van der Waals surface area contributed by atoms with Gasteiger partial charge in [0, 0.05) is 43.7 Å². The summed E-state index contributed by atoms with van der Waals surface area (Å²) < 4.78 is 10.3. The van der Waals surface area contributed by atoms with Gasteiger partial charge in [-0.1, -0.05) is 16.8 Å². The van der Waals surface area contributed by atoms with Crippen LogP contribution in [0.15, 0.2) is 29.0 Å². The maximum absolute atomic E-state index is 6.07. The van der Waals surface area contributed by atoms with Gasteiger partial charge in [0.25, 0.3) is 0 Å². The van der Waals surface area contributed by atoms with E-state index in [1.54, 1.807) is 13.4 Å². The zero-order chi connectivity index (χ0) is 17.9. The Kier molecular flexibility index (Phi) is 4.96. The molecule has 0 amide bonds. The summed E-state index contributed by atoms with van der Waals surface area (Å²) in [6, 6.07) is 5.72. The number of ether oxygens (including phenoxy) is 1. The molecule has 0 saturated carbocycles. The molecule has 0 radical (unpaired) electrons. The van der Waals surface area contributed by atoms with Crippen molar-refractivity contribution in [2.45, 2.75) is 13.2 Å². The number of fused-ring (bicyclic) bond motifs is 1. The molecule has 1 aliphatic rings. The molecule has 3 aromatic rings. The van der Waals surface area contributed by atoms with E-state index in [1.165, 1.54) is 0 Å². The smallest absolute Gasteiger partial charge is 0.240 e. The predicted molar refractivity (Wildman–Crippen MR) is 97.0 cm³/mol. The van der Waals surface area contributed by atoms with Gasteiger partial charge in [-0.2, -0.15) is 4.98 Å². The lowest BCUT2D eigenvalue weighted by Gasteiger charge is -2.35. The Balaban J connectivity index is 1.42. The van der Waals surface area contributed by atoms with E-state index < -0.39 is 0 Å². The fraction of sp³-hybridized carbons (Fsp3) is 0.412. The summed E-state index contributed by atoms with van der Waals surface area (Å²) in [5.41, 5.74) is 0.862. The molecule has 8 nitrogen and oxygen atoms in total. The molecule has 9 heteroatoms. The minimum absolute atomic E-state index is 0.363.